The summed E-state index contributed by atoms with van der Waals surface area (Å²) in [7, 11) is 0. The summed E-state index contributed by atoms with van der Waals surface area (Å²) in [6, 6.07) is 3.66. The lowest BCUT2D eigenvalue weighted by Crippen LogP contribution is -2.39. The third-order valence-corrected chi connectivity index (χ3v) is 5.44. The van der Waals surface area contributed by atoms with E-state index in [1.807, 2.05) is 12.1 Å². The number of Topliss-reactive ketones (excluding diaryl/α,β-unsaturated/α-hetero) is 1. The Hall–Kier alpha value is -0.380. The van der Waals surface area contributed by atoms with E-state index in [0.29, 0.717) is 4.34 Å². The van der Waals surface area contributed by atoms with Crippen molar-refractivity contribution in [3.8, 4) is 0 Å². The predicted molar refractivity (Wildman–Crippen MR) is 73.5 cm³/mol. The molecule has 2 nitrogen and oxygen atoms in total. The molecule has 3 rings (SSSR count). The van der Waals surface area contributed by atoms with Gasteiger partial charge < -0.3 is 4.74 Å². The monoisotopic (exact) mass is 284 g/mol. The maximum absolute atomic E-state index is 12.4. The van der Waals surface area contributed by atoms with Gasteiger partial charge in [0.15, 0.2) is 5.78 Å². The van der Waals surface area contributed by atoms with Crippen molar-refractivity contribution in [3.63, 3.8) is 0 Å². The second-order valence-corrected chi connectivity index (χ2v) is 7.11. The van der Waals surface area contributed by atoms with Crippen molar-refractivity contribution < 1.29 is 9.53 Å². The van der Waals surface area contributed by atoms with Crippen LogP contribution in [-0.4, -0.2) is 18.0 Å². The molecule has 1 aliphatic carbocycles. The van der Waals surface area contributed by atoms with Crippen molar-refractivity contribution in [2.75, 3.05) is 6.61 Å². The molecule has 0 bridgehead atoms. The number of thiophene rings is 1. The van der Waals surface area contributed by atoms with E-state index in [0.717, 1.165) is 37.2 Å². The molecule has 1 aromatic rings. The van der Waals surface area contributed by atoms with Gasteiger partial charge in [0.2, 0.25) is 0 Å². The summed E-state index contributed by atoms with van der Waals surface area (Å²) < 4.78 is 6.67. The minimum atomic E-state index is 0.0135. The Morgan fingerprint density at radius 3 is 2.83 bits per heavy atom. The van der Waals surface area contributed by atoms with E-state index in [-0.39, 0.29) is 17.3 Å². The van der Waals surface area contributed by atoms with Gasteiger partial charge in [-0.15, -0.1) is 11.3 Å². The first-order valence-corrected chi connectivity index (χ1v) is 7.82. The molecule has 0 N–H and O–H groups in total. The summed E-state index contributed by atoms with van der Waals surface area (Å²) in [6.45, 7) is 0.732. The molecule has 2 aliphatic rings. The lowest BCUT2D eigenvalue weighted by molar-refractivity contribution is -0.0865. The zero-order chi connectivity index (χ0) is 12.6. The molecule has 1 atom stereocenters. The van der Waals surface area contributed by atoms with Crippen LogP contribution < -0.4 is 0 Å². The van der Waals surface area contributed by atoms with Gasteiger partial charge in [0.05, 0.1) is 14.8 Å². The fourth-order valence-electron chi connectivity index (χ4n) is 3.27. The highest BCUT2D eigenvalue weighted by Gasteiger charge is 2.42. The maximum Gasteiger partial charge on any atom is 0.176 e. The van der Waals surface area contributed by atoms with Gasteiger partial charge in [0, 0.05) is 12.5 Å². The van der Waals surface area contributed by atoms with Crippen LogP contribution in [-0.2, 0) is 4.74 Å². The first kappa shape index (κ1) is 12.6. The van der Waals surface area contributed by atoms with E-state index in [9.17, 15) is 4.79 Å². The van der Waals surface area contributed by atoms with Gasteiger partial charge in [-0.1, -0.05) is 24.4 Å². The van der Waals surface area contributed by atoms with Gasteiger partial charge in [-0.05, 0) is 37.8 Å². The molecule has 2 fully saturated rings. The van der Waals surface area contributed by atoms with Crippen molar-refractivity contribution in [3.05, 3.63) is 21.3 Å². The molecule has 0 radical (unpaired) electrons. The molecule has 1 unspecified atom stereocenters. The molecule has 1 aliphatic heterocycles. The van der Waals surface area contributed by atoms with Gasteiger partial charge >= 0.3 is 0 Å². The summed E-state index contributed by atoms with van der Waals surface area (Å²) in [5.41, 5.74) is 0.0135. The molecule has 1 saturated carbocycles. The molecule has 98 valence electrons. The molecule has 1 aromatic heterocycles. The second kappa shape index (κ2) is 4.95. The number of halogens is 1. The zero-order valence-electron chi connectivity index (χ0n) is 10.3. The van der Waals surface area contributed by atoms with Crippen molar-refractivity contribution in [1.29, 1.82) is 0 Å². The number of ketones is 1. The lowest BCUT2D eigenvalue weighted by atomic mass is 9.82. The molecule has 1 spiro atoms. The fourth-order valence-corrected chi connectivity index (χ4v) is 4.33. The summed E-state index contributed by atoms with van der Waals surface area (Å²) in [6.07, 6.45) is 6.50. The van der Waals surface area contributed by atoms with Crippen LogP contribution in [0.15, 0.2) is 12.1 Å². The highest BCUT2D eigenvalue weighted by molar-refractivity contribution is 7.18. The topological polar surface area (TPSA) is 26.3 Å². The SMILES string of the molecule is O=C(c1ccc(Cl)s1)C1CCOC2(CCCC2)C1. The Morgan fingerprint density at radius 2 is 2.17 bits per heavy atom. The maximum atomic E-state index is 12.4. The minimum Gasteiger partial charge on any atom is -0.375 e. The van der Waals surface area contributed by atoms with E-state index >= 15 is 0 Å². The second-order valence-electron chi connectivity index (χ2n) is 5.40. The van der Waals surface area contributed by atoms with Gasteiger partial charge in [0.1, 0.15) is 0 Å². The van der Waals surface area contributed by atoms with Crippen molar-refractivity contribution in [1.82, 2.24) is 0 Å². The zero-order valence-corrected chi connectivity index (χ0v) is 11.9. The molecule has 18 heavy (non-hydrogen) atoms. The largest absolute Gasteiger partial charge is 0.375 e. The van der Waals surface area contributed by atoms with E-state index in [1.165, 1.54) is 24.2 Å². The van der Waals surface area contributed by atoms with Crippen LogP contribution in [0.2, 0.25) is 4.34 Å². The average Bonchev–Trinajstić information content (AvgIpc) is 2.98. The predicted octanol–water partition coefficient (Wildman–Crippen LogP) is 4.32. The Morgan fingerprint density at radius 1 is 1.39 bits per heavy atom. The van der Waals surface area contributed by atoms with Crippen molar-refractivity contribution >= 4 is 28.7 Å². The smallest absolute Gasteiger partial charge is 0.176 e. The van der Waals surface area contributed by atoms with Gasteiger partial charge in [0.25, 0.3) is 0 Å². The standard InChI is InChI=1S/C14H17ClO2S/c15-12-4-3-11(18-12)13(16)10-5-8-17-14(9-10)6-1-2-7-14/h3-4,10H,1-2,5-9H2. The van der Waals surface area contributed by atoms with Crippen molar-refractivity contribution in [2.45, 2.75) is 44.1 Å². The normalized spacial score (nSPS) is 26.6. The Kier molecular flexibility index (Phi) is 3.48. The minimum absolute atomic E-state index is 0.0135. The number of hydrogen-bond acceptors (Lipinski definition) is 3. The van der Waals surface area contributed by atoms with Crippen LogP contribution in [0.4, 0.5) is 0 Å². The Balaban J connectivity index is 1.74. The van der Waals surface area contributed by atoms with Gasteiger partial charge in [-0.25, -0.2) is 0 Å². The summed E-state index contributed by atoms with van der Waals surface area (Å²) in [5.74, 6) is 0.396. The highest BCUT2D eigenvalue weighted by atomic mass is 35.5. The molecule has 0 amide bonds. The third-order valence-electron chi connectivity index (χ3n) is 4.19. The van der Waals surface area contributed by atoms with Gasteiger partial charge in [-0.2, -0.15) is 0 Å². The molecular weight excluding hydrogens is 268 g/mol. The quantitative estimate of drug-likeness (QED) is 0.756. The number of carbonyl (C=O) groups excluding carboxylic acids is 1. The van der Waals surface area contributed by atoms with Crippen LogP contribution >= 0.6 is 22.9 Å². The number of rotatable bonds is 2. The molecule has 4 heteroatoms. The first-order chi connectivity index (χ1) is 8.69. The number of ether oxygens (including phenoxy) is 1. The van der Waals surface area contributed by atoms with E-state index in [1.54, 1.807) is 0 Å². The van der Waals surface area contributed by atoms with Crippen LogP contribution in [0.5, 0.6) is 0 Å². The third kappa shape index (κ3) is 2.36. The van der Waals surface area contributed by atoms with Crippen LogP contribution in [0, 0.1) is 5.92 Å². The van der Waals surface area contributed by atoms with Crippen LogP contribution in [0.25, 0.3) is 0 Å². The fraction of sp³-hybridized carbons (Fsp3) is 0.643. The Labute approximate surface area is 116 Å². The summed E-state index contributed by atoms with van der Waals surface area (Å²) in [5, 5.41) is 0. The molecule has 0 aromatic carbocycles. The van der Waals surface area contributed by atoms with E-state index < -0.39 is 0 Å². The lowest BCUT2D eigenvalue weighted by Gasteiger charge is -2.37. The first-order valence-electron chi connectivity index (χ1n) is 6.62. The highest BCUT2D eigenvalue weighted by Crippen LogP contribution is 2.43. The number of carbonyl (C=O) groups is 1. The summed E-state index contributed by atoms with van der Waals surface area (Å²) in [4.78, 5) is 13.3. The van der Waals surface area contributed by atoms with E-state index in [2.05, 4.69) is 0 Å². The van der Waals surface area contributed by atoms with Gasteiger partial charge in [-0.3, -0.25) is 4.79 Å². The molecule has 1 saturated heterocycles. The Bertz CT molecular complexity index is 448. The van der Waals surface area contributed by atoms with E-state index in [4.69, 9.17) is 16.3 Å². The van der Waals surface area contributed by atoms with Crippen LogP contribution in [0.3, 0.4) is 0 Å². The summed E-state index contributed by atoms with van der Waals surface area (Å²) >= 11 is 7.30. The average molecular weight is 285 g/mol. The van der Waals surface area contributed by atoms with Crippen LogP contribution in [0.1, 0.15) is 48.2 Å². The molecular formula is C14H17ClO2S. The number of hydrogen-bond donors (Lipinski definition) is 0. The van der Waals surface area contributed by atoms with Crippen molar-refractivity contribution in [2.24, 2.45) is 5.92 Å². The molecule has 2 heterocycles.